The van der Waals surface area contributed by atoms with E-state index < -0.39 is 12.1 Å². The predicted octanol–water partition coefficient (Wildman–Crippen LogP) is 0.116. The van der Waals surface area contributed by atoms with Gasteiger partial charge >= 0.3 is 12.0 Å². The largest absolute Gasteiger partial charge is 0.479 e. The van der Waals surface area contributed by atoms with Crippen molar-refractivity contribution >= 4 is 12.0 Å². The van der Waals surface area contributed by atoms with E-state index in [9.17, 15) is 9.59 Å². The SMILES string of the molecule is COC(CNC(=O)NCCCN(C)C(C)C)C(=O)O. The molecule has 0 radical (unpaired) electrons. The van der Waals surface area contributed by atoms with Crippen molar-refractivity contribution in [3.63, 3.8) is 0 Å². The number of nitrogens with zero attached hydrogens (tertiary/aromatic N) is 1. The highest BCUT2D eigenvalue weighted by molar-refractivity contribution is 5.76. The van der Waals surface area contributed by atoms with Crippen LogP contribution in [0.2, 0.25) is 0 Å². The highest BCUT2D eigenvalue weighted by Gasteiger charge is 2.16. The average molecular weight is 275 g/mol. The fourth-order valence-electron chi connectivity index (χ4n) is 1.31. The van der Waals surface area contributed by atoms with Crippen molar-refractivity contribution in [3.8, 4) is 0 Å². The van der Waals surface area contributed by atoms with Crippen molar-refractivity contribution in [3.05, 3.63) is 0 Å². The van der Waals surface area contributed by atoms with Gasteiger partial charge in [0, 0.05) is 19.7 Å². The van der Waals surface area contributed by atoms with E-state index in [1.165, 1.54) is 7.11 Å². The molecule has 0 aliphatic carbocycles. The van der Waals surface area contributed by atoms with Gasteiger partial charge in [-0.1, -0.05) is 0 Å². The zero-order valence-electron chi connectivity index (χ0n) is 12.1. The van der Waals surface area contributed by atoms with E-state index in [0.29, 0.717) is 12.6 Å². The Balaban J connectivity index is 3.68. The van der Waals surface area contributed by atoms with Gasteiger partial charge in [-0.25, -0.2) is 9.59 Å². The second-order valence-corrected chi connectivity index (χ2v) is 4.63. The van der Waals surface area contributed by atoms with Crippen LogP contribution in [0.5, 0.6) is 0 Å². The molecule has 0 aromatic heterocycles. The molecule has 7 heteroatoms. The van der Waals surface area contributed by atoms with Crippen LogP contribution in [0.3, 0.4) is 0 Å². The van der Waals surface area contributed by atoms with E-state index in [4.69, 9.17) is 9.84 Å². The molecule has 0 aliphatic rings. The first-order chi connectivity index (χ1) is 8.88. The number of hydrogen-bond acceptors (Lipinski definition) is 4. The van der Waals surface area contributed by atoms with E-state index in [2.05, 4.69) is 29.4 Å². The molecule has 0 aromatic rings. The average Bonchev–Trinajstić information content (AvgIpc) is 2.34. The van der Waals surface area contributed by atoms with Crippen LogP contribution in [0.25, 0.3) is 0 Å². The molecule has 0 fully saturated rings. The number of nitrogens with one attached hydrogen (secondary N) is 2. The maximum atomic E-state index is 11.4. The van der Waals surface area contributed by atoms with E-state index in [0.717, 1.165) is 13.0 Å². The van der Waals surface area contributed by atoms with Crippen LogP contribution in [0.4, 0.5) is 4.79 Å². The van der Waals surface area contributed by atoms with E-state index in [-0.39, 0.29) is 12.6 Å². The lowest BCUT2D eigenvalue weighted by molar-refractivity contribution is -0.147. The first-order valence-electron chi connectivity index (χ1n) is 6.36. The van der Waals surface area contributed by atoms with Crippen LogP contribution in [-0.2, 0) is 9.53 Å². The van der Waals surface area contributed by atoms with Gasteiger partial charge in [0.05, 0.1) is 6.54 Å². The van der Waals surface area contributed by atoms with Crippen LogP contribution in [0.1, 0.15) is 20.3 Å². The third-order valence-corrected chi connectivity index (χ3v) is 2.86. The van der Waals surface area contributed by atoms with Crippen LogP contribution >= 0.6 is 0 Å². The number of ether oxygens (including phenoxy) is 1. The van der Waals surface area contributed by atoms with Crippen molar-refractivity contribution < 1.29 is 19.4 Å². The van der Waals surface area contributed by atoms with Crippen LogP contribution < -0.4 is 10.6 Å². The maximum Gasteiger partial charge on any atom is 0.334 e. The Labute approximate surface area is 114 Å². The molecular formula is C12H25N3O4. The fourth-order valence-corrected chi connectivity index (χ4v) is 1.31. The summed E-state index contributed by atoms with van der Waals surface area (Å²) in [7, 11) is 3.32. The number of aliphatic carboxylic acids is 1. The Kier molecular flexibility index (Phi) is 8.90. The normalized spacial score (nSPS) is 12.5. The number of carboxylic acid groups (broad SMARTS) is 1. The number of hydrogen-bond donors (Lipinski definition) is 3. The maximum absolute atomic E-state index is 11.4. The Bertz CT molecular complexity index is 284. The summed E-state index contributed by atoms with van der Waals surface area (Å²) >= 11 is 0. The van der Waals surface area contributed by atoms with Gasteiger partial charge < -0.3 is 25.4 Å². The van der Waals surface area contributed by atoms with Crippen LogP contribution in [0.15, 0.2) is 0 Å². The number of carbonyl (C=O) groups is 2. The third kappa shape index (κ3) is 8.39. The van der Waals surface area contributed by atoms with Crippen LogP contribution in [0, 0.1) is 0 Å². The zero-order valence-corrected chi connectivity index (χ0v) is 12.1. The Morgan fingerprint density at radius 2 is 1.95 bits per heavy atom. The Morgan fingerprint density at radius 1 is 1.32 bits per heavy atom. The Hall–Kier alpha value is -1.34. The highest BCUT2D eigenvalue weighted by Crippen LogP contribution is 1.94. The molecule has 0 spiro atoms. The first-order valence-corrected chi connectivity index (χ1v) is 6.36. The number of urea groups is 1. The predicted molar refractivity (Wildman–Crippen MR) is 72.2 cm³/mol. The minimum Gasteiger partial charge on any atom is -0.479 e. The molecule has 0 rings (SSSR count). The molecule has 0 saturated heterocycles. The molecule has 112 valence electrons. The summed E-state index contributed by atoms with van der Waals surface area (Å²) in [6.45, 7) is 5.61. The van der Waals surface area contributed by atoms with Crippen molar-refractivity contribution in [2.24, 2.45) is 0 Å². The molecule has 3 N–H and O–H groups in total. The van der Waals surface area contributed by atoms with Crippen molar-refractivity contribution in [1.29, 1.82) is 0 Å². The topological polar surface area (TPSA) is 90.9 Å². The van der Waals surface area contributed by atoms with Gasteiger partial charge in [-0.15, -0.1) is 0 Å². The summed E-state index contributed by atoms with van der Waals surface area (Å²) in [4.78, 5) is 24.2. The minimum absolute atomic E-state index is 0.0520. The lowest BCUT2D eigenvalue weighted by Gasteiger charge is -2.20. The Morgan fingerprint density at radius 3 is 2.42 bits per heavy atom. The van der Waals surface area contributed by atoms with Crippen molar-refractivity contribution in [2.45, 2.75) is 32.4 Å². The van der Waals surface area contributed by atoms with Gasteiger partial charge in [-0.2, -0.15) is 0 Å². The lowest BCUT2D eigenvalue weighted by Crippen LogP contribution is -2.43. The molecule has 0 saturated carbocycles. The fraction of sp³-hybridized carbons (Fsp3) is 0.833. The monoisotopic (exact) mass is 275 g/mol. The van der Waals surface area contributed by atoms with E-state index >= 15 is 0 Å². The van der Waals surface area contributed by atoms with Crippen molar-refractivity contribution in [2.75, 3.05) is 33.8 Å². The molecule has 7 nitrogen and oxygen atoms in total. The molecule has 0 aromatic carbocycles. The van der Waals surface area contributed by atoms with Gasteiger partial charge in [0.25, 0.3) is 0 Å². The molecule has 1 atom stereocenters. The quantitative estimate of drug-likeness (QED) is 0.520. The van der Waals surface area contributed by atoms with E-state index in [1.807, 2.05) is 7.05 Å². The van der Waals surface area contributed by atoms with E-state index in [1.54, 1.807) is 0 Å². The summed E-state index contributed by atoms with van der Waals surface area (Å²) < 4.78 is 4.70. The molecule has 0 heterocycles. The molecule has 19 heavy (non-hydrogen) atoms. The minimum atomic E-state index is -1.10. The molecule has 0 bridgehead atoms. The first kappa shape index (κ1) is 17.7. The van der Waals surface area contributed by atoms with Crippen molar-refractivity contribution in [1.82, 2.24) is 15.5 Å². The van der Waals surface area contributed by atoms with Gasteiger partial charge in [0.2, 0.25) is 0 Å². The number of methoxy groups -OCH3 is 1. The molecule has 1 unspecified atom stereocenters. The van der Waals surface area contributed by atoms with Gasteiger partial charge in [-0.05, 0) is 33.9 Å². The lowest BCUT2D eigenvalue weighted by atomic mass is 10.3. The molecular weight excluding hydrogens is 250 g/mol. The summed E-state index contributed by atoms with van der Waals surface area (Å²) in [6, 6.07) is 0.0994. The number of carboxylic acids is 1. The zero-order chi connectivity index (χ0) is 14.8. The van der Waals surface area contributed by atoms with Gasteiger partial charge in [0.15, 0.2) is 6.10 Å². The number of amides is 2. The van der Waals surface area contributed by atoms with Gasteiger partial charge in [-0.3, -0.25) is 0 Å². The summed E-state index contributed by atoms with van der Waals surface area (Å²) in [5, 5.41) is 13.8. The molecule has 2 amide bonds. The number of carbonyl (C=O) groups excluding carboxylic acids is 1. The number of rotatable bonds is 9. The second-order valence-electron chi connectivity index (χ2n) is 4.63. The van der Waals surface area contributed by atoms with Crippen LogP contribution in [-0.4, -0.2) is 67.9 Å². The smallest absolute Gasteiger partial charge is 0.334 e. The second kappa shape index (κ2) is 9.57. The van der Waals surface area contributed by atoms with Gasteiger partial charge in [0.1, 0.15) is 0 Å². The summed E-state index contributed by atoms with van der Waals surface area (Å²) in [5.74, 6) is -1.10. The third-order valence-electron chi connectivity index (χ3n) is 2.86. The summed E-state index contributed by atoms with van der Waals surface area (Å²) in [6.07, 6.45) is -0.174. The summed E-state index contributed by atoms with van der Waals surface area (Å²) in [5.41, 5.74) is 0. The highest BCUT2D eigenvalue weighted by atomic mass is 16.5. The standard InChI is InChI=1S/C12H25N3O4/c1-9(2)15(3)7-5-6-13-12(18)14-8-10(19-4)11(16)17/h9-10H,5-8H2,1-4H3,(H,16,17)(H2,13,14,18). The molecule has 0 aliphatic heterocycles.